The van der Waals surface area contributed by atoms with Gasteiger partial charge in [-0.3, -0.25) is 4.90 Å². The van der Waals surface area contributed by atoms with E-state index in [2.05, 4.69) is 11.9 Å². The first-order valence-electron chi connectivity index (χ1n) is 2.51. The summed E-state index contributed by atoms with van der Waals surface area (Å²) in [5.74, 6) is 0. The van der Waals surface area contributed by atoms with Crippen molar-refractivity contribution in [1.29, 1.82) is 0 Å². The summed E-state index contributed by atoms with van der Waals surface area (Å²) in [6.45, 7) is 4.95. The van der Waals surface area contributed by atoms with Crippen LogP contribution in [0.25, 0.3) is 0 Å². The second-order valence-electron chi connectivity index (χ2n) is 1.61. The second kappa shape index (κ2) is 1.86. The highest BCUT2D eigenvalue weighted by atomic mass is 16.2. The molecule has 0 bridgehead atoms. The smallest absolute Gasteiger partial charge is 0.321 e. The molecule has 1 heterocycles. The summed E-state index contributed by atoms with van der Waals surface area (Å²) in [6, 6.07) is -0.0417. The molecule has 0 aliphatic carbocycles. The van der Waals surface area contributed by atoms with Crippen molar-refractivity contribution in [3.05, 3.63) is 12.8 Å². The number of hydrogen-bond acceptors (Lipinski definition) is 1. The van der Waals surface area contributed by atoms with Crippen LogP contribution in [0.15, 0.2) is 12.8 Å². The predicted octanol–water partition coefficient (Wildman–Crippen LogP) is 0.155. The van der Waals surface area contributed by atoms with Crippen LogP contribution >= 0.6 is 0 Å². The number of rotatable bonds is 1. The van der Waals surface area contributed by atoms with Crippen molar-refractivity contribution >= 4 is 6.03 Å². The molecule has 1 aliphatic heterocycles. The minimum Gasteiger partial charge on any atom is -0.336 e. The van der Waals surface area contributed by atoms with Gasteiger partial charge in [0.15, 0.2) is 0 Å². The van der Waals surface area contributed by atoms with Gasteiger partial charge in [-0.2, -0.15) is 0 Å². The molecule has 3 nitrogen and oxygen atoms in total. The van der Waals surface area contributed by atoms with Gasteiger partial charge in [-0.25, -0.2) is 4.79 Å². The minimum absolute atomic E-state index is 0.0417. The van der Waals surface area contributed by atoms with E-state index in [1.54, 1.807) is 4.90 Å². The molecule has 0 radical (unpaired) electrons. The molecule has 1 saturated heterocycles. The topological polar surface area (TPSA) is 32.3 Å². The zero-order chi connectivity index (χ0) is 5.98. The molecule has 44 valence electrons. The summed E-state index contributed by atoms with van der Waals surface area (Å²) in [6.07, 6.45) is 1.53. The molecule has 8 heavy (non-hydrogen) atoms. The van der Waals surface area contributed by atoms with E-state index in [9.17, 15) is 4.79 Å². The second-order valence-corrected chi connectivity index (χ2v) is 1.61. The lowest BCUT2D eigenvalue weighted by atomic mass is 10.6. The lowest BCUT2D eigenvalue weighted by molar-refractivity contribution is 0.230. The van der Waals surface area contributed by atoms with Crippen LogP contribution in [0, 0.1) is 0 Å². The monoisotopic (exact) mass is 112 g/mol. The average molecular weight is 112 g/mol. The molecule has 0 aromatic carbocycles. The van der Waals surface area contributed by atoms with Crippen molar-refractivity contribution in [3.8, 4) is 0 Å². The Labute approximate surface area is 48.0 Å². The molecule has 0 saturated carbocycles. The number of hydrogen-bond donors (Lipinski definition) is 1. The van der Waals surface area contributed by atoms with Crippen LogP contribution < -0.4 is 5.32 Å². The third-order valence-corrected chi connectivity index (χ3v) is 1.11. The van der Waals surface area contributed by atoms with Gasteiger partial charge in [0.25, 0.3) is 0 Å². The fourth-order valence-electron chi connectivity index (χ4n) is 0.661. The third-order valence-electron chi connectivity index (χ3n) is 1.11. The zero-order valence-corrected chi connectivity index (χ0v) is 4.55. The fraction of sp³-hybridized carbons (Fsp3) is 0.400. The molecular weight excluding hydrogens is 104 g/mol. The molecule has 1 rings (SSSR count). The Morgan fingerprint density at radius 1 is 1.88 bits per heavy atom. The van der Waals surface area contributed by atoms with Crippen LogP contribution in [0.2, 0.25) is 0 Å². The largest absolute Gasteiger partial charge is 0.336 e. The number of carbonyl (C=O) groups is 1. The molecule has 0 spiro atoms. The fourth-order valence-corrected chi connectivity index (χ4v) is 0.661. The number of amides is 2. The molecule has 0 atom stereocenters. The van der Waals surface area contributed by atoms with Crippen LogP contribution in [0.4, 0.5) is 4.79 Å². The molecule has 1 fully saturated rings. The van der Waals surface area contributed by atoms with E-state index in [0.29, 0.717) is 0 Å². The summed E-state index contributed by atoms with van der Waals surface area (Å²) < 4.78 is 0. The van der Waals surface area contributed by atoms with E-state index in [0.717, 1.165) is 13.1 Å². The Hall–Kier alpha value is -0.990. The van der Waals surface area contributed by atoms with Gasteiger partial charge in [-0.15, -0.1) is 0 Å². The van der Waals surface area contributed by atoms with Gasteiger partial charge in [0.1, 0.15) is 0 Å². The van der Waals surface area contributed by atoms with Gasteiger partial charge in [-0.1, -0.05) is 6.58 Å². The summed E-state index contributed by atoms with van der Waals surface area (Å²) in [5.41, 5.74) is 0. The van der Waals surface area contributed by atoms with Crippen LogP contribution in [0.5, 0.6) is 0 Å². The van der Waals surface area contributed by atoms with E-state index < -0.39 is 0 Å². The van der Waals surface area contributed by atoms with E-state index >= 15 is 0 Å². The minimum atomic E-state index is -0.0417. The molecule has 2 amide bonds. The van der Waals surface area contributed by atoms with Crippen molar-refractivity contribution in [1.82, 2.24) is 10.2 Å². The van der Waals surface area contributed by atoms with Crippen LogP contribution in [-0.2, 0) is 0 Å². The molecule has 0 unspecified atom stereocenters. The van der Waals surface area contributed by atoms with E-state index in [-0.39, 0.29) is 6.03 Å². The van der Waals surface area contributed by atoms with Gasteiger partial charge in [0.2, 0.25) is 0 Å². The van der Waals surface area contributed by atoms with Gasteiger partial charge in [0.05, 0.1) is 0 Å². The summed E-state index contributed by atoms with van der Waals surface area (Å²) in [7, 11) is 0. The van der Waals surface area contributed by atoms with Crippen LogP contribution in [0.1, 0.15) is 0 Å². The third kappa shape index (κ3) is 0.665. The SMILES string of the molecule is C=CN1CCNC1=O. The molecular formula is C5H8N2O. The number of carbonyl (C=O) groups excluding carboxylic acids is 1. The first-order valence-corrected chi connectivity index (χ1v) is 2.51. The summed E-state index contributed by atoms with van der Waals surface area (Å²) in [5, 5.41) is 2.64. The van der Waals surface area contributed by atoms with E-state index in [1.807, 2.05) is 0 Å². The van der Waals surface area contributed by atoms with Gasteiger partial charge in [0, 0.05) is 19.3 Å². The Balaban J connectivity index is 2.54. The van der Waals surface area contributed by atoms with Crippen molar-refractivity contribution in [2.75, 3.05) is 13.1 Å². The van der Waals surface area contributed by atoms with E-state index in [1.165, 1.54) is 6.20 Å². The lowest BCUT2D eigenvalue weighted by Gasteiger charge is -2.03. The highest BCUT2D eigenvalue weighted by molar-refractivity contribution is 5.77. The predicted molar refractivity (Wildman–Crippen MR) is 30.3 cm³/mol. The Morgan fingerprint density at radius 3 is 2.88 bits per heavy atom. The standard InChI is InChI=1S/C5H8N2O/c1-2-7-4-3-6-5(7)8/h2H,1,3-4H2,(H,6,8). The Bertz CT molecular complexity index is 122. The molecule has 1 aliphatic rings. The van der Waals surface area contributed by atoms with Gasteiger partial charge in [-0.05, 0) is 0 Å². The maximum absolute atomic E-state index is 10.5. The molecule has 0 aromatic heterocycles. The van der Waals surface area contributed by atoms with Crippen LogP contribution in [-0.4, -0.2) is 24.0 Å². The highest BCUT2D eigenvalue weighted by Gasteiger charge is 2.14. The van der Waals surface area contributed by atoms with Crippen molar-refractivity contribution in [2.45, 2.75) is 0 Å². The first kappa shape index (κ1) is 5.15. The summed E-state index contributed by atoms with van der Waals surface area (Å²) >= 11 is 0. The Kier molecular flexibility index (Phi) is 1.20. The highest BCUT2D eigenvalue weighted by Crippen LogP contribution is 1.94. The molecule has 1 N–H and O–H groups in total. The lowest BCUT2D eigenvalue weighted by Crippen LogP contribution is -2.22. The Morgan fingerprint density at radius 2 is 2.62 bits per heavy atom. The van der Waals surface area contributed by atoms with Crippen molar-refractivity contribution in [2.24, 2.45) is 0 Å². The van der Waals surface area contributed by atoms with Gasteiger partial charge >= 0.3 is 6.03 Å². The normalized spacial score (nSPS) is 18.5. The summed E-state index contributed by atoms with van der Waals surface area (Å²) in [4.78, 5) is 12.1. The quantitative estimate of drug-likeness (QED) is 0.514. The first-order chi connectivity index (χ1) is 3.84. The number of nitrogens with zero attached hydrogens (tertiary/aromatic N) is 1. The maximum atomic E-state index is 10.5. The average Bonchev–Trinajstić information content (AvgIpc) is 2.14. The molecule has 0 aromatic rings. The maximum Gasteiger partial charge on any atom is 0.321 e. The van der Waals surface area contributed by atoms with Crippen molar-refractivity contribution < 1.29 is 4.79 Å². The zero-order valence-electron chi connectivity index (χ0n) is 4.55. The number of nitrogens with one attached hydrogen (secondary N) is 1. The van der Waals surface area contributed by atoms with Crippen LogP contribution in [0.3, 0.4) is 0 Å². The molecule has 3 heteroatoms. The van der Waals surface area contributed by atoms with Gasteiger partial charge < -0.3 is 5.32 Å². The number of urea groups is 1. The van der Waals surface area contributed by atoms with Crippen molar-refractivity contribution in [3.63, 3.8) is 0 Å². The van der Waals surface area contributed by atoms with E-state index in [4.69, 9.17) is 0 Å².